The Bertz CT molecular complexity index is 656. The van der Waals surface area contributed by atoms with E-state index in [1.54, 1.807) is 0 Å². The van der Waals surface area contributed by atoms with Gasteiger partial charge in [-0.25, -0.2) is 0 Å². The number of aryl methyl sites for hydroxylation is 1. The molecule has 0 saturated carbocycles. The van der Waals surface area contributed by atoms with E-state index in [1.165, 1.54) is 48.8 Å². The van der Waals surface area contributed by atoms with Crippen LogP contribution in [0.2, 0.25) is 0 Å². The Morgan fingerprint density at radius 3 is 2.20 bits per heavy atom. The van der Waals surface area contributed by atoms with Crippen molar-refractivity contribution in [1.82, 2.24) is 0 Å². The van der Waals surface area contributed by atoms with Gasteiger partial charge in [-0.3, -0.25) is 0 Å². The van der Waals surface area contributed by atoms with Crippen molar-refractivity contribution in [3.8, 4) is 16.9 Å². The highest BCUT2D eigenvalue weighted by molar-refractivity contribution is 5.76. The summed E-state index contributed by atoms with van der Waals surface area (Å²) in [7, 11) is 0. The van der Waals surface area contributed by atoms with Crippen molar-refractivity contribution in [2.75, 3.05) is 0 Å². The molecule has 0 aliphatic carbocycles. The van der Waals surface area contributed by atoms with Gasteiger partial charge in [0.25, 0.3) is 0 Å². The maximum atomic E-state index is 10.8. The van der Waals surface area contributed by atoms with Crippen LogP contribution in [0.15, 0.2) is 36.4 Å². The fourth-order valence-corrected chi connectivity index (χ4v) is 3.85. The Hall–Kier alpha value is -1.76. The fourth-order valence-electron chi connectivity index (χ4n) is 3.85. The summed E-state index contributed by atoms with van der Waals surface area (Å²) in [6, 6.07) is 12.4. The molecule has 0 aliphatic heterocycles. The number of benzene rings is 2. The largest absolute Gasteiger partial charge is 0.507 e. The lowest BCUT2D eigenvalue weighted by Gasteiger charge is -2.23. The molecule has 2 aromatic rings. The maximum absolute atomic E-state index is 10.8. The van der Waals surface area contributed by atoms with E-state index < -0.39 is 0 Å². The highest BCUT2D eigenvalue weighted by Gasteiger charge is 2.20. The molecule has 0 radical (unpaired) electrons. The van der Waals surface area contributed by atoms with Gasteiger partial charge in [0.15, 0.2) is 0 Å². The monoisotopic (exact) mass is 338 g/mol. The number of aromatic hydroxyl groups is 1. The third kappa shape index (κ3) is 4.87. The molecule has 0 fully saturated rings. The zero-order valence-corrected chi connectivity index (χ0v) is 16.4. The van der Waals surface area contributed by atoms with E-state index in [2.05, 4.69) is 52.0 Å². The minimum atomic E-state index is 0.401. The topological polar surface area (TPSA) is 20.2 Å². The molecule has 2 rings (SSSR count). The van der Waals surface area contributed by atoms with Crippen LogP contribution in [0.4, 0.5) is 0 Å². The van der Waals surface area contributed by atoms with Crippen LogP contribution in [0, 0.1) is 0 Å². The first kappa shape index (κ1) is 19.6. The van der Waals surface area contributed by atoms with Gasteiger partial charge in [-0.15, -0.1) is 0 Å². The summed E-state index contributed by atoms with van der Waals surface area (Å²) >= 11 is 0. The van der Waals surface area contributed by atoms with Gasteiger partial charge in [0.2, 0.25) is 0 Å². The van der Waals surface area contributed by atoms with Crippen LogP contribution in [0.5, 0.6) is 5.75 Å². The average molecular weight is 339 g/mol. The molecule has 0 bridgehead atoms. The van der Waals surface area contributed by atoms with E-state index in [0.717, 1.165) is 24.0 Å². The predicted octanol–water partition coefficient (Wildman–Crippen LogP) is 7.26. The van der Waals surface area contributed by atoms with Crippen molar-refractivity contribution in [2.24, 2.45) is 0 Å². The standard InChI is InChI=1S/C24H34O/c1-5-7-8-9-13-16-21-19(6-2)17-22(25)24(23(21)18(3)4)20-14-11-10-12-15-20/h10-12,14-15,17-18,25H,5-9,13,16H2,1-4H3. The molecule has 0 unspecified atom stereocenters. The van der Waals surface area contributed by atoms with E-state index in [9.17, 15) is 5.11 Å². The number of phenols is 1. The number of unbranched alkanes of at least 4 members (excludes halogenated alkanes) is 4. The normalized spacial score (nSPS) is 11.2. The lowest BCUT2D eigenvalue weighted by molar-refractivity contribution is 0.475. The maximum Gasteiger partial charge on any atom is 0.123 e. The Balaban J connectivity index is 2.45. The number of hydrogen-bond acceptors (Lipinski definition) is 1. The Kier molecular flexibility index (Phi) is 7.55. The molecule has 0 spiro atoms. The molecular formula is C24H34O. The van der Waals surface area contributed by atoms with Gasteiger partial charge in [0, 0.05) is 5.56 Å². The molecule has 1 heteroatoms. The van der Waals surface area contributed by atoms with Gasteiger partial charge < -0.3 is 5.11 Å². The second-order valence-corrected chi connectivity index (χ2v) is 7.36. The van der Waals surface area contributed by atoms with E-state index in [0.29, 0.717) is 11.7 Å². The van der Waals surface area contributed by atoms with Crippen LogP contribution in [-0.4, -0.2) is 5.11 Å². The summed E-state index contributed by atoms with van der Waals surface area (Å²) in [6.07, 6.45) is 8.60. The first-order chi connectivity index (χ1) is 12.1. The smallest absolute Gasteiger partial charge is 0.123 e. The Morgan fingerprint density at radius 1 is 0.920 bits per heavy atom. The summed E-state index contributed by atoms with van der Waals surface area (Å²) in [5.74, 6) is 0.833. The molecule has 1 nitrogen and oxygen atoms in total. The van der Waals surface area contributed by atoms with Gasteiger partial charge in [0.05, 0.1) is 0 Å². The van der Waals surface area contributed by atoms with Crippen molar-refractivity contribution in [3.05, 3.63) is 53.1 Å². The second-order valence-electron chi connectivity index (χ2n) is 7.36. The Labute approximate surface area is 154 Å². The molecule has 0 aromatic heterocycles. The summed E-state index contributed by atoms with van der Waals surface area (Å²) in [5, 5.41) is 10.8. The quantitative estimate of drug-likeness (QED) is 0.477. The summed E-state index contributed by atoms with van der Waals surface area (Å²) < 4.78 is 0. The van der Waals surface area contributed by atoms with Crippen LogP contribution in [-0.2, 0) is 12.8 Å². The first-order valence-electron chi connectivity index (χ1n) is 10.0. The van der Waals surface area contributed by atoms with Gasteiger partial charge in [-0.2, -0.15) is 0 Å². The molecule has 0 amide bonds. The van der Waals surface area contributed by atoms with Crippen molar-refractivity contribution in [3.63, 3.8) is 0 Å². The average Bonchev–Trinajstić information content (AvgIpc) is 2.62. The van der Waals surface area contributed by atoms with Crippen molar-refractivity contribution in [1.29, 1.82) is 0 Å². The minimum Gasteiger partial charge on any atom is -0.507 e. The molecule has 25 heavy (non-hydrogen) atoms. The molecule has 0 heterocycles. The van der Waals surface area contributed by atoms with Gasteiger partial charge in [-0.1, -0.05) is 83.7 Å². The fraction of sp³-hybridized carbons (Fsp3) is 0.500. The zero-order valence-electron chi connectivity index (χ0n) is 16.4. The SMILES string of the molecule is CCCCCCCc1c(CC)cc(O)c(-c2ccccc2)c1C(C)C. The summed E-state index contributed by atoms with van der Waals surface area (Å²) in [5.41, 5.74) is 6.30. The van der Waals surface area contributed by atoms with Gasteiger partial charge in [0.1, 0.15) is 5.75 Å². The zero-order chi connectivity index (χ0) is 18.2. The van der Waals surface area contributed by atoms with Crippen molar-refractivity contribution in [2.45, 2.75) is 78.6 Å². The first-order valence-corrected chi connectivity index (χ1v) is 10.0. The number of rotatable bonds is 9. The molecule has 1 N–H and O–H groups in total. The van der Waals surface area contributed by atoms with Gasteiger partial charge in [-0.05, 0) is 53.5 Å². The van der Waals surface area contributed by atoms with E-state index in [4.69, 9.17) is 0 Å². The Morgan fingerprint density at radius 2 is 1.60 bits per heavy atom. The third-order valence-electron chi connectivity index (χ3n) is 5.10. The van der Waals surface area contributed by atoms with Crippen LogP contribution in [0.3, 0.4) is 0 Å². The van der Waals surface area contributed by atoms with Crippen LogP contribution < -0.4 is 0 Å². The van der Waals surface area contributed by atoms with Crippen molar-refractivity contribution < 1.29 is 5.11 Å². The lowest BCUT2D eigenvalue weighted by Crippen LogP contribution is -2.05. The third-order valence-corrected chi connectivity index (χ3v) is 5.10. The molecule has 0 saturated heterocycles. The van der Waals surface area contributed by atoms with Crippen LogP contribution >= 0.6 is 0 Å². The van der Waals surface area contributed by atoms with Crippen LogP contribution in [0.25, 0.3) is 11.1 Å². The van der Waals surface area contributed by atoms with Gasteiger partial charge >= 0.3 is 0 Å². The second kappa shape index (κ2) is 9.65. The van der Waals surface area contributed by atoms with Crippen LogP contribution in [0.1, 0.15) is 82.4 Å². The van der Waals surface area contributed by atoms with E-state index in [1.807, 2.05) is 12.1 Å². The van der Waals surface area contributed by atoms with E-state index >= 15 is 0 Å². The molecular weight excluding hydrogens is 304 g/mol. The highest BCUT2D eigenvalue weighted by Crippen LogP contribution is 2.41. The lowest BCUT2D eigenvalue weighted by atomic mass is 9.82. The highest BCUT2D eigenvalue weighted by atomic mass is 16.3. The van der Waals surface area contributed by atoms with Crippen molar-refractivity contribution >= 4 is 0 Å². The predicted molar refractivity (Wildman–Crippen MR) is 109 cm³/mol. The number of phenolic OH excluding ortho intramolecular Hbond substituents is 1. The minimum absolute atomic E-state index is 0.401. The molecule has 0 atom stereocenters. The molecule has 136 valence electrons. The summed E-state index contributed by atoms with van der Waals surface area (Å²) in [4.78, 5) is 0. The van der Waals surface area contributed by atoms with E-state index in [-0.39, 0.29) is 0 Å². The molecule has 0 aliphatic rings. The molecule has 2 aromatic carbocycles. The number of hydrogen-bond donors (Lipinski definition) is 1. The summed E-state index contributed by atoms with van der Waals surface area (Å²) in [6.45, 7) is 8.96.